The molecule has 0 spiro atoms. The van der Waals surface area contributed by atoms with Crippen molar-refractivity contribution >= 4 is 22.6 Å². The van der Waals surface area contributed by atoms with Crippen LogP contribution >= 0.6 is 11.6 Å². The molecule has 0 aliphatic carbocycles. The molecule has 0 saturated carbocycles. The van der Waals surface area contributed by atoms with Gasteiger partial charge in [0.2, 0.25) is 0 Å². The first-order valence-electron chi connectivity index (χ1n) is 3.53. The van der Waals surface area contributed by atoms with Crippen LogP contribution in [-0.4, -0.2) is 7.11 Å². The summed E-state index contributed by atoms with van der Waals surface area (Å²) in [6.07, 6.45) is 0. The van der Waals surface area contributed by atoms with Gasteiger partial charge in [-0.25, -0.2) is 0 Å². The Labute approximate surface area is 74.7 Å². The van der Waals surface area contributed by atoms with E-state index in [-0.39, 0.29) is 0 Å². The second-order valence-corrected chi connectivity index (χ2v) is 2.80. The SMILES string of the molecule is COc1cccc2cc(Cl)oc12. The smallest absolute Gasteiger partial charge is 0.194 e. The summed E-state index contributed by atoms with van der Waals surface area (Å²) >= 11 is 5.69. The number of fused-ring (bicyclic) bond motifs is 1. The highest BCUT2D eigenvalue weighted by Gasteiger charge is 2.05. The van der Waals surface area contributed by atoms with E-state index in [1.807, 2.05) is 18.2 Å². The Kier molecular flexibility index (Phi) is 1.70. The molecule has 1 heterocycles. The summed E-state index contributed by atoms with van der Waals surface area (Å²) in [6, 6.07) is 7.42. The number of furan rings is 1. The highest BCUT2D eigenvalue weighted by atomic mass is 35.5. The molecule has 0 unspecified atom stereocenters. The molecule has 1 aromatic heterocycles. The van der Waals surface area contributed by atoms with E-state index in [1.54, 1.807) is 13.2 Å². The van der Waals surface area contributed by atoms with Crippen molar-refractivity contribution < 1.29 is 9.15 Å². The number of benzene rings is 1. The van der Waals surface area contributed by atoms with E-state index in [0.717, 1.165) is 5.39 Å². The van der Waals surface area contributed by atoms with Crippen molar-refractivity contribution in [2.45, 2.75) is 0 Å². The zero-order chi connectivity index (χ0) is 8.55. The van der Waals surface area contributed by atoms with Crippen LogP contribution in [-0.2, 0) is 0 Å². The Morgan fingerprint density at radius 2 is 2.25 bits per heavy atom. The lowest BCUT2D eigenvalue weighted by molar-refractivity contribution is 0.410. The Hall–Kier alpha value is -1.15. The number of halogens is 1. The number of methoxy groups -OCH3 is 1. The number of ether oxygens (including phenoxy) is 1. The maximum Gasteiger partial charge on any atom is 0.194 e. The van der Waals surface area contributed by atoms with Crippen LogP contribution < -0.4 is 4.74 Å². The van der Waals surface area contributed by atoms with Crippen molar-refractivity contribution in [3.8, 4) is 5.75 Å². The van der Waals surface area contributed by atoms with E-state index < -0.39 is 0 Å². The molecule has 2 aromatic rings. The molecule has 62 valence electrons. The third-order valence-electron chi connectivity index (χ3n) is 1.70. The molecule has 2 nitrogen and oxygen atoms in total. The van der Waals surface area contributed by atoms with Crippen molar-refractivity contribution in [1.82, 2.24) is 0 Å². The van der Waals surface area contributed by atoms with E-state index in [2.05, 4.69) is 0 Å². The van der Waals surface area contributed by atoms with Gasteiger partial charge >= 0.3 is 0 Å². The van der Waals surface area contributed by atoms with Crippen LogP contribution in [0, 0.1) is 0 Å². The highest BCUT2D eigenvalue weighted by Crippen LogP contribution is 2.30. The zero-order valence-electron chi connectivity index (χ0n) is 6.50. The predicted octanol–water partition coefficient (Wildman–Crippen LogP) is 3.09. The van der Waals surface area contributed by atoms with Crippen molar-refractivity contribution in [2.75, 3.05) is 7.11 Å². The summed E-state index contributed by atoms with van der Waals surface area (Å²) in [5, 5.41) is 1.34. The molecule has 2 rings (SSSR count). The van der Waals surface area contributed by atoms with E-state index >= 15 is 0 Å². The summed E-state index contributed by atoms with van der Waals surface area (Å²) in [6.45, 7) is 0. The third kappa shape index (κ3) is 1.04. The van der Waals surface area contributed by atoms with Crippen LogP contribution in [0.3, 0.4) is 0 Å². The van der Waals surface area contributed by atoms with E-state index in [9.17, 15) is 0 Å². The molecule has 0 atom stereocenters. The summed E-state index contributed by atoms with van der Waals surface area (Å²) < 4.78 is 10.3. The van der Waals surface area contributed by atoms with Gasteiger partial charge in [0.25, 0.3) is 0 Å². The fourth-order valence-electron chi connectivity index (χ4n) is 1.17. The van der Waals surface area contributed by atoms with Gasteiger partial charge in [0.15, 0.2) is 16.6 Å². The maximum absolute atomic E-state index is 5.69. The van der Waals surface area contributed by atoms with Gasteiger partial charge in [-0.05, 0) is 17.7 Å². The summed E-state index contributed by atoms with van der Waals surface area (Å²) in [4.78, 5) is 0. The molecule has 0 N–H and O–H groups in total. The number of rotatable bonds is 1. The molecule has 1 aromatic carbocycles. The lowest BCUT2D eigenvalue weighted by Gasteiger charge is -1.97. The first-order valence-corrected chi connectivity index (χ1v) is 3.91. The van der Waals surface area contributed by atoms with Gasteiger partial charge in [-0.1, -0.05) is 12.1 Å². The number of hydrogen-bond donors (Lipinski definition) is 0. The predicted molar refractivity (Wildman–Crippen MR) is 47.8 cm³/mol. The quantitative estimate of drug-likeness (QED) is 0.676. The molecular formula is C9H7ClO2. The van der Waals surface area contributed by atoms with Crippen LogP contribution in [0.1, 0.15) is 0 Å². The van der Waals surface area contributed by atoms with Gasteiger partial charge in [0, 0.05) is 11.5 Å². The molecule has 0 aliphatic rings. The molecule has 0 aliphatic heterocycles. The Morgan fingerprint density at radius 1 is 1.42 bits per heavy atom. The fraction of sp³-hybridized carbons (Fsp3) is 0.111. The van der Waals surface area contributed by atoms with Gasteiger partial charge in [0.1, 0.15) is 0 Å². The second kappa shape index (κ2) is 2.72. The van der Waals surface area contributed by atoms with E-state index in [4.69, 9.17) is 20.8 Å². The minimum Gasteiger partial charge on any atom is -0.493 e. The van der Waals surface area contributed by atoms with Gasteiger partial charge < -0.3 is 9.15 Å². The molecule has 0 amide bonds. The number of hydrogen-bond acceptors (Lipinski definition) is 2. The third-order valence-corrected chi connectivity index (χ3v) is 1.88. The molecule has 0 saturated heterocycles. The van der Waals surface area contributed by atoms with Crippen molar-refractivity contribution in [1.29, 1.82) is 0 Å². The largest absolute Gasteiger partial charge is 0.493 e. The normalized spacial score (nSPS) is 10.5. The average Bonchev–Trinajstić information content (AvgIpc) is 2.44. The first-order chi connectivity index (χ1) is 5.81. The van der Waals surface area contributed by atoms with E-state index in [1.165, 1.54) is 0 Å². The van der Waals surface area contributed by atoms with Gasteiger partial charge in [-0.3, -0.25) is 0 Å². The maximum atomic E-state index is 5.69. The molecule has 0 radical (unpaired) electrons. The van der Waals surface area contributed by atoms with Crippen molar-refractivity contribution in [2.24, 2.45) is 0 Å². The topological polar surface area (TPSA) is 22.4 Å². The minimum absolute atomic E-state index is 0.384. The lowest BCUT2D eigenvalue weighted by atomic mass is 10.2. The highest BCUT2D eigenvalue weighted by molar-refractivity contribution is 6.29. The second-order valence-electron chi connectivity index (χ2n) is 2.43. The summed E-state index contributed by atoms with van der Waals surface area (Å²) in [7, 11) is 1.60. The van der Waals surface area contributed by atoms with Crippen LogP contribution in [0.15, 0.2) is 28.7 Å². The lowest BCUT2D eigenvalue weighted by Crippen LogP contribution is -1.81. The van der Waals surface area contributed by atoms with E-state index in [0.29, 0.717) is 16.6 Å². The molecule has 0 fully saturated rings. The first kappa shape index (κ1) is 7.50. The minimum atomic E-state index is 0.384. The van der Waals surface area contributed by atoms with Crippen LogP contribution in [0.25, 0.3) is 11.0 Å². The zero-order valence-corrected chi connectivity index (χ0v) is 7.26. The standard InChI is InChI=1S/C9H7ClO2/c1-11-7-4-2-3-6-5-8(10)12-9(6)7/h2-5H,1H3. The van der Waals surface area contributed by atoms with Crippen molar-refractivity contribution in [3.63, 3.8) is 0 Å². The van der Waals surface area contributed by atoms with Gasteiger partial charge in [0.05, 0.1) is 7.11 Å². The molecular weight excluding hydrogens is 176 g/mol. The van der Waals surface area contributed by atoms with Gasteiger partial charge in [-0.2, -0.15) is 0 Å². The summed E-state index contributed by atoms with van der Waals surface area (Å²) in [5.41, 5.74) is 0.699. The Bertz CT molecular complexity index is 406. The van der Waals surface area contributed by atoms with Gasteiger partial charge in [-0.15, -0.1) is 0 Å². The Balaban J connectivity index is 2.78. The molecule has 12 heavy (non-hydrogen) atoms. The summed E-state index contributed by atoms with van der Waals surface area (Å²) in [5.74, 6) is 0.708. The number of para-hydroxylation sites is 1. The van der Waals surface area contributed by atoms with Crippen LogP contribution in [0.4, 0.5) is 0 Å². The van der Waals surface area contributed by atoms with Crippen molar-refractivity contribution in [3.05, 3.63) is 29.5 Å². The monoisotopic (exact) mass is 182 g/mol. The Morgan fingerprint density at radius 3 is 3.00 bits per heavy atom. The average molecular weight is 183 g/mol. The molecule has 0 bridgehead atoms. The fourth-order valence-corrected chi connectivity index (χ4v) is 1.36. The molecule has 3 heteroatoms. The van der Waals surface area contributed by atoms with Crippen LogP contribution in [0.2, 0.25) is 5.22 Å². The van der Waals surface area contributed by atoms with Crippen LogP contribution in [0.5, 0.6) is 5.75 Å².